The topological polar surface area (TPSA) is 43.9 Å². The van der Waals surface area contributed by atoms with Crippen LogP contribution in [0.3, 0.4) is 0 Å². The molecule has 5 aromatic carbocycles. The zero-order valence-electron chi connectivity index (χ0n) is 23.7. The number of para-hydroxylation sites is 1. The summed E-state index contributed by atoms with van der Waals surface area (Å²) in [7, 11) is 0. The van der Waals surface area contributed by atoms with Crippen molar-refractivity contribution >= 4 is 43.9 Å². The SMILES string of the molecule is c1ccc(-c2cc(-c3ccccc3)nc(-n3c4ccc(-c5ccc6oc7ccccc7c6c5)cc4c4ncccc43)c2)cc1. The van der Waals surface area contributed by atoms with Crippen LogP contribution >= 0.6 is 0 Å². The molecule has 9 rings (SSSR count). The third kappa shape index (κ3) is 3.92. The molecule has 0 spiro atoms. The van der Waals surface area contributed by atoms with Crippen molar-refractivity contribution in [2.75, 3.05) is 0 Å². The quantitative estimate of drug-likeness (QED) is 0.214. The van der Waals surface area contributed by atoms with Crippen molar-refractivity contribution in [3.63, 3.8) is 0 Å². The maximum absolute atomic E-state index is 6.09. The fourth-order valence-electron chi connectivity index (χ4n) is 6.35. The Balaban J connectivity index is 1.27. The first kappa shape index (κ1) is 24.6. The van der Waals surface area contributed by atoms with E-state index in [1.165, 1.54) is 0 Å². The predicted octanol–water partition coefficient (Wildman–Crippen LogP) is 10.5. The van der Waals surface area contributed by atoms with Crippen LogP contribution in [0.5, 0.6) is 0 Å². The van der Waals surface area contributed by atoms with E-state index in [1.54, 1.807) is 0 Å². The normalized spacial score (nSPS) is 11.6. The highest BCUT2D eigenvalue weighted by Crippen LogP contribution is 2.37. The molecule has 4 aromatic heterocycles. The molecule has 0 aliphatic carbocycles. The number of benzene rings is 5. The second-order valence-corrected chi connectivity index (χ2v) is 11.1. The van der Waals surface area contributed by atoms with Crippen LogP contribution in [0.1, 0.15) is 0 Å². The molecule has 0 N–H and O–H groups in total. The molecule has 4 nitrogen and oxygen atoms in total. The molecule has 0 unspecified atom stereocenters. The summed E-state index contributed by atoms with van der Waals surface area (Å²) in [5.74, 6) is 0.859. The molecule has 206 valence electrons. The average Bonchev–Trinajstić information content (AvgIpc) is 3.64. The summed E-state index contributed by atoms with van der Waals surface area (Å²) in [6.45, 7) is 0. The van der Waals surface area contributed by atoms with E-state index in [9.17, 15) is 0 Å². The fraction of sp³-hybridized carbons (Fsp3) is 0. The molecule has 0 fully saturated rings. The zero-order chi connectivity index (χ0) is 29.0. The van der Waals surface area contributed by atoms with Gasteiger partial charge in [-0.05, 0) is 76.9 Å². The van der Waals surface area contributed by atoms with Gasteiger partial charge in [-0.25, -0.2) is 4.98 Å². The van der Waals surface area contributed by atoms with Crippen LogP contribution in [0.15, 0.2) is 156 Å². The second-order valence-electron chi connectivity index (χ2n) is 11.1. The highest BCUT2D eigenvalue weighted by atomic mass is 16.3. The molecule has 0 radical (unpaired) electrons. The van der Waals surface area contributed by atoms with E-state index >= 15 is 0 Å². The Bertz CT molecular complexity index is 2430. The van der Waals surface area contributed by atoms with Crippen molar-refractivity contribution in [2.45, 2.75) is 0 Å². The largest absolute Gasteiger partial charge is 0.456 e. The van der Waals surface area contributed by atoms with Crippen molar-refractivity contribution < 1.29 is 4.42 Å². The van der Waals surface area contributed by atoms with Crippen LogP contribution in [0.2, 0.25) is 0 Å². The van der Waals surface area contributed by atoms with Crippen molar-refractivity contribution in [1.29, 1.82) is 0 Å². The molecule has 4 heteroatoms. The maximum atomic E-state index is 6.09. The summed E-state index contributed by atoms with van der Waals surface area (Å²) in [6, 6.07) is 50.6. The van der Waals surface area contributed by atoms with Gasteiger partial charge in [0.1, 0.15) is 17.0 Å². The van der Waals surface area contributed by atoms with Crippen molar-refractivity contribution in [1.82, 2.24) is 14.5 Å². The lowest BCUT2D eigenvalue weighted by Gasteiger charge is -2.13. The van der Waals surface area contributed by atoms with Crippen LogP contribution in [0, 0.1) is 0 Å². The maximum Gasteiger partial charge on any atom is 0.138 e. The first-order chi connectivity index (χ1) is 21.8. The summed E-state index contributed by atoms with van der Waals surface area (Å²) in [6.07, 6.45) is 1.87. The van der Waals surface area contributed by atoms with E-state index in [1.807, 2.05) is 36.5 Å². The van der Waals surface area contributed by atoms with Crippen LogP contribution in [-0.4, -0.2) is 14.5 Å². The Morgan fingerprint density at radius 2 is 1.16 bits per heavy atom. The molecular formula is C40H25N3O. The van der Waals surface area contributed by atoms with Gasteiger partial charge in [0.25, 0.3) is 0 Å². The highest BCUT2D eigenvalue weighted by molar-refractivity contribution is 6.09. The van der Waals surface area contributed by atoms with Gasteiger partial charge >= 0.3 is 0 Å². The standard InChI is InChI=1S/C40H25N3O/c1-3-10-26(11-4-1)30-24-34(27-12-5-2-6-13-27)42-39(25-30)43-35-19-17-28(23-33(35)40-36(43)15-9-21-41-40)29-18-20-38-32(22-29)31-14-7-8-16-37(31)44-38/h1-25H. The van der Waals surface area contributed by atoms with Gasteiger partial charge in [0, 0.05) is 27.9 Å². The number of hydrogen-bond acceptors (Lipinski definition) is 3. The number of rotatable bonds is 4. The fourth-order valence-corrected chi connectivity index (χ4v) is 6.35. The molecule has 0 amide bonds. The molecule has 9 aromatic rings. The molecule has 0 bridgehead atoms. The number of furan rings is 1. The number of fused-ring (bicyclic) bond motifs is 6. The smallest absolute Gasteiger partial charge is 0.138 e. The molecule has 4 heterocycles. The number of nitrogens with zero attached hydrogens (tertiary/aromatic N) is 3. The lowest BCUT2D eigenvalue weighted by atomic mass is 10.0. The van der Waals surface area contributed by atoms with E-state index < -0.39 is 0 Å². The first-order valence-electron chi connectivity index (χ1n) is 14.7. The molecule has 0 aliphatic heterocycles. The van der Waals surface area contributed by atoms with Gasteiger partial charge in [0.15, 0.2) is 0 Å². The molecule has 0 saturated carbocycles. The summed E-state index contributed by atoms with van der Waals surface area (Å²) in [4.78, 5) is 10.1. The summed E-state index contributed by atoms with van der Waals surface area (Å²) < 4.78 is 8.33. The van der Waals surface area contributed by atoms with Crippen LogP contribution in [0.4, 0.5) is 0 Å². The van der Waals surface area contributed by atoms with Crippen molar-refractivity contribution in [2.24, 2.45) is 0 Å². The summed E-state index contributed by atoms with van der Waals surface area (Å²) in [5, 5.41) is 3.33. The highest BCUT2D eigenvalue weighted by Gasteiger charge is 2.17. The minimum Gasteiger partial charge on any atom is -0.456 e. The van der Waals surface area contributed by atoms with Crippen molar-refractivity contribution in [3.8, 4) is 39.3 Å². The minimum absolute atomic E-state index is 0.859. The molecule has 0 atom stereocenters. The van der Waals surface area contributed by atoms with Crippen LogP contribution in [-0.2, 0) is 0 Å². The van der Waals surface area contributed by atoms with Crippen LogP contribution in [0.25, 0.3) is 83.2 Å². The van der Waals surface area contributed by atoms with Crippen LogP contribution < -0.4 is 0 Å². The minimum atomic E-state index is 0.859. The summed E-state index contributed by atoms with van der Waals surface area (Å²) in [5.41, 5.74) is 11.4. The monoisotopic (exact) mass is 563 g/mol. The van der Waals surface area contributed by atoms with Gasteiger partial charge in [0.05, 0.1) is 22.2 Å². The summed E-state index contributed by atoms with van der Waals surface area (Å²) >= 11 is 0. The van der Waals surface area contributed by atoms with Gasteiger partial charge in [0.2, 0.25) is 0 Å². The molecule has 44 heavy (non-hydrogen) atoms. The lowest BCUT2D eigenvalue weighted by Crippen LogP contribution is -2.00. The molecular weight excluding hydrogens is 538 g/mol. The van der Waals surface area contributed by atoms with Gasteiger partial charge < -0.3 is 4.42 Å². The van der Waals surface area contributed by atoms with E-state index in [4.69, 9.17) is 14.4 Å². The van der Waals surface area contributed by atoms with Gasteiger partial charge in [-0.1, -0.05) is 91.0 Å². The third-order valence-corrected chi connectivity index (χ3v) is 8.45. The third-order valence-electron chi connectivity index (χ3n) is 8.45. The van der Waals surface area contributed by atoms with Crippen molar-refractivity contribution in [3.05, 3.63) is 152 Å². The Morgan fingerprint density at radius 3 is 2.00 bits per heavy atom. The average molecular weight is 564 g/mol. The van der Waals surface area contributed by atoms with E-state index in [0.717, 1.165) is 83.2 Å². The number of pyridine rings is 2. The zero-order valence-corrected chi connectivity index (χ0v) is 23.7. The molecule has 0 aliphatic rings. The second kappa shape index (κ2) is 9.79. The van der Waals surface area contributed by atoms with Gasteiger partial charge in [-0.3, -0.25) is 9.55 Å². The van der Waals surface area contributed by atoms with E-state index in [2.05, 4.69) is 120 Å². The predicted molar refractivity (Wildman–Crippen MR) is 180 cm³/mol. The van der Waals surface area contributed by atoms with E-state index in [-0.39, 0.29) is 0 Å². The van der Waals surface area contributed by atoms with Gasteiger partial charge in [-0.2, -0.15) is 0 Å². The Hall–Kier alpha value is -6.00. The Kier molecular flexibility index (Phi) is 5.47. The lowest BCUT2D eigenvalue weighted by molar-refractivity contribution is 0.669. The number of aromatic nitrogens is 3. The first-order valence-corrected chi connectivity index (χ1v) is 14.7. The molecule has 0 saturated heterocycles. The Morgan fingerprint density at radius 1 is 0.455 bits per heavy atom. The van der Waals surface area contributed by atoms with E-state index in [0.29, 0.717) is 0 Å². The number of hydrogen-bond donors (Lipinski definition) is 0. The Labute approximate surface area is 253 Å². The van der Waals surface area contributed by atoms with Gasteiger partial charge in [-0.15, -0.1) is 0 Å².